The molecule has 1 aromatic rings. The summed E-state index contributed by atoms with van der Waals surface area (Å²) in [6.07, 6.45) is 3.56. The first-order valence-corrected chi connectivity index (χ1v) is 5.67. The average Bonchev–Trinajstić information content (AvgIpc) is 2.67. The zero-order valence-electron chi connectivity index (χ0n) is 9.07. The van der Waals surface area contributed by atoms with E-state index in [0.717, 1.165) is 4.88 Å². The lowest BCUT2D eigenvalue weighted by atomic mass is 10.3. The number of nitrogens with one attached hydrogen (secondary N) is 1. The summed E-state index contributed by atoms with van der Waals surface area (Å²) in [6.45, 7) is 1.75. The Bertz CT molecular complexity index is 403. The van der Waals surface area contributed by atoms with Crippen molar-refractivity contribution in [3.05, 3.63) is 46.1 Å². The third-order valence-electron chi connectivity index (χ3n) is 1.72. The molecule has 0 saturated heterocycles. The molecule has 0 atom stereocenters. The van der Waals surface area contributed by atoms with E-state index in [-0.39, 0.29) is 5.91 Å². The summed E-state index contributed by atoms with van der Waals surface area (Å²) in [5.74, 6) is 0.172. The number of allylic oxidation sites excluding steroid dienone is 3. The summed E-state index contributed by atoms with van der Waals surface area (Å²) in [4.78, 5) is 12.5. The molecule has 5 heteroatoms. The van der Waals surface area contributed by atoms with Crippen molar-refractivity contribution < 1.29 is 4.79 Å². The Morgan fingerprint density at radius 1 is 1.50 bits per heavy atom. The lowest BCUT2D eigenvalue weighted by Gasteiger charge is -2.03. The van der Waals surface area contributed by atoms with E-state index in [1.807, 2.05) is 17.5 Å². The van der Waals surface area contributed by atoms with Crippen molar-refractivity contribution in [1.29, 1.82) is 0 Å². The Morgan fingerprint density at radius 3 is 2.81 bits per heavy atom. The molecular weight excluding hydrogens is 222 g/mol. The SMILES string of the molecule is C/C(N)=C/C=C(\N)NC(=O)Cc1cccs1. The second kappa shape index (κ2) is 5.97. The molecule has 4 nitrogen and oxygen atoms in total. The maximum Gasteiger partial charge on any atom is 0.230 e. The van der Waals surface area contributed by atoms with Gasteiger partial charge in [-0.1, -0.05) is 6.07 Å². The van der Waals surface area contributed by atoms with Crippen molar-refractivity contribution >= 4 is 17.2 Å². The van der Waals surface area contributed by atoms with Crippen LogP contribution in [0, 0.1) is 0 Å². The molecule has 0 aliphatic rings. The standard InChI is InChI=1S/C11H15N3OS/c1-8(12)4-5-10(13)14-11(15)7-9-3-2-6-16-9/h2-6H,7,12-13H2,1H3,(H,14,15)/b8-4-,10-5+. The van der Waals surface area contributed by atoms with E-state index in [2.05, 4.69) is 5.32 Å². The highest BCUT2D eigenvalue weighted by Crippen LogP contribution is 2.08. The van der Waals surface area contributed by atoms with Crippen molar-refractivity contribution in [2.75, 3.05) is 0 Å². The lowest BCUT2D eigenvalue weighted by Crippen LogP contribution is -2.28. The van der Waals surface area contributed by atoms with E-state index in [4.69, 9.17) is 11.5 Å². The van der Waals surface area contributed by atoms with Gasteiger partial charge in [0.1, 0.15) is 5.82 Å². The van der Waals surface area contributed by atoms with E-state index in [9.17, 15) is 4.79 Å². The highest BCUT2D eigenvalue weighted by molar-refractivity contribution is 7.10. The van der Waals surface area contributed by atoms with E-state index in [1.165, 1.54) is 0 Å². The molecule has 86 valence electrons. The summed E-state index contributed by atoms with van der Waals surface area (Å²) in [7, 11) is 0. The number of hydrogen-bond donors (Lipinski definition) is 3. The van der Waals surface area contributed by atoms with Gasteiger partial charge in [-0.15, -0.1) is 11.3 Å². The molecule has 16 heavy (non-hydrogen) atoms. The first-order chi connectivity index (χ1) is 7.58. The first-order valence-electron chi connectivity index (χ1n) is 4.79. The molecule has 1 rings (SSSR count). The van der Waals surface area contributed by atoms with Gasteiger partial charge in [-0.2, -0.15) is 0 Å². The van der Waals surface area contributed by atoms with Gasteiger partial charge in [0.15, 0.2) is 0 Å². The lowest BCUT2D eigenvalue weighted by molar-refractivity contribution is -0.119. The minimum absolute atomic E-state index is 0.126. The Balaban J connectivity index is 2.46. The van der Waals surface area contributed by atoms with E-state index in [0.29, 0.717) is 17.9 Å². The fourth-order valence-corrected chi connectivity index (χ4v) is 1.74. The van der Waals surface area contributed by atoms with Gasteiger partial charge in [-0.3, -0.25) is 4.79 Å². The third kappa shape index (κ3) is 4.65. The molecule has 1 heterocycles. The normalized spacial score (nSPS) is 12.6. The van der Waals surface area contributed by atoms with Gasteiger partial charge in [0, 0.05) is 10.6 Å². The predicted octanol–water partition coefficient (Wildman–Crippen LogP) is 1.07. The maximum atomic E-state index is 11.5. The molecule has 0 saturated carbocycles. The van der Waals surface area contributed by atoms with Crippen LogP contribution >= 0.6 is 11.3 Å². The van der Waals surface area contributed by atoms with Gasteiger partial charge in [0.2, 0.25) is 5.91 Å². The van der Waals surface area contributed by atoms with E-state index < -0.39 is 0 Å². The molecule has 0 aliphatic heterocycles. The molecule has 0 unspecified atom stereocenters. The smallest absolute Gasteiger partial charge is 0.230 e. The van der Waals surface area contributed by atoms with Gasteiger partial charge in [0.25, 0.3) is 0 Å². The molecule has 5 N–H and O–H groups in total. The van der Waals surface area contributed by atoms with Crippen LogP contribution < -0.4 is 16.8 Å². The van der Waals surface area contributed by atoms with Gasteiger partial charge >= 0.3 is 0 Å². The Kier molecular flexibility index (Phi) is 4.60. The van der Waals surface area contributed by atoms with Crippen LogP contribution in [0.25, 0.3) is 0 Å². The molecule has 1 aromatic heterocycles. The molecule has 1 amide bonds. The number of hydrogen-bond acceptors (Lipinski definition) is 4. The average molecular weight is 237 g/mol. The van der Waals surface area contributed by atoms with E-state index in [1.54, 1.807) is 30.4 Å². The largest absolute Gasteiger partial charge is 0.402 e. The van der Waals surface area contributed by atoms with Crippen molar-refractivity contribution in [3.8, 4) is 0 Å². The van der Waals surface area contributed by atoms with Gasteiger partial charge in [-0.05, 0) is 30.5 Å². The van der Waals surface area contributed by atoms with Crippen molar-refractivity contribution in [3.63, 3.8) is 0 Å². The zero-order chi connectivity index (χ0) is 12.0. The molecule has 0 fully saturated rings. The molecule has 0 aliphatic carbocycles. The van der Waals surface area contributed by atoms with Crippen LogP contribution in [-0.2, 0) is 11.2 Å². The van der Waals surface area contributed by atoms with Crippen molar-refractivity contribution in [2.45, 2.75) is 13.3 Å². The summed E-state index contributed by atoms with van der Waals surface area (Å²) < 4.78 is 0. The molecular formula is C11H15N3OS. The van der Waals surface area contributed by atoms with Crippen LogP contribution in [-0.4, -0.2) is 5.91 Å². The highest BCUT2D eigenvalue weighted by atomic mass is 32.1. The number of carbonyl (C=O) groups is 1. The second-order valence-electron chi connectivity index (χ2n) is 3.34. The molecule has 0 bridgehead atoms. The fourth-order valence-electron chi connectivity index (χ4n) is 1.04. The van der Waals surface area contributed by atoms with Crippen molar-refractivity contribution in [2.24, 2.45) is 11.5 Å². The summed E-state index contributed by atoms with van der Waals surface area (Å²) in [5.41, 5.74) is 11.7. The first kappa shape index (κ1) is 12.3. The highest BCUT2D eigenvalue weighted by Gasteiger charge is 2.03. The summed E-state index contributed by atoms with van der Waals surface area (Å²) in [6, 6.07) is 3.82. The van der Waals surface area contributed by atoms with E-state index >= 15 is 0 Å². The van der Waals surface area contributed by atoms with Crippen molar-refractivity contribution in [1.82, 2.24) is 5.32 Å². The van der Waals surface area contributed by atoms with Gasteiger partial charge in [-0.25, -0.2) is 0 Å². The third-order valence-corrected chi connectivity index (χ3v) is 2.60. The number of carbonyl (C=O) groups excluding carboxylic acids is 1. The Labute approximate surface area is 98.6 Å². The molecule has 0 aromatic carbocycles. The van der Waals surface area contributed by atoms with Crippen LogP contribution in [0.4, 0.5) is 0 Å². The number of rotatable bonds is 4. The number of nitrogens with two attached hydrogens (primary N) is 2. The fraction of sp³-hybridized carbons (Fsp3) is 0.182. The van der Waals surface area contributed by atoms with Gasteiger partial charge in [0.05, 0.1) is 6.42 Å². The number of amides is 1. The minimum atomic E-state index is -0.126. The predicted molar refractivity (Wildman–Crippen MR) is 66.4 cm³/mol. The van der Waals surface area contributed by atoms with Crippen LogP contribution in [0.2, 0.25) is 0 Å². The van der Waals surface area contributed by atoms with Crippen LogP contribution in [0.15, 0.2) is 41.2 Å². The van der Waals surface area contributed by atoms with Gasteiger partial charge < -0.3 is 16.8 Å². The van der Waals surface area contributed by atoms with Crippen LogP contribution in [0.5, 0.6) is 0 Å². The monoisotopic (exact) mass is 237 g/mol. The minimum Gasteiger partial charge on any atom is -0.402 e. The Hall–Kier alpha value is -1.75. The quantitative estimate of drug-likeness (QED) is 0.685. The maximum absolute atomic E-state index is 11.5. The molecule has 0 radical (unpaired) electrons. The summed E-state index contributed by atoms with van der Waals surface area (Å²) in [5, 5.41) is 4.51. The topological polar surface area (TPSA) is 81.1 Å². The van der Waals surface area contributed by atoms with Crippen LogP contribution in [0.1, 0.15) is 11.8 Å². The molecule has 0 spiro atoms. The zero-order valence-corrected chi connectivity index (χ0v) is 9.88. The number of thiophene rings is 1. The second-order valence-corrected chi connectivity index (χ2v) is 4.37. The Morgan fingerprint density at radius 2 is 2.25 bits per heavy atom. The summed E-state index contributed by atoms with van der Waals surface area (Å²) >= 11 is 1.54. The van der Waals surface area contributed by atoms with Crippen LogP contribution in [0.3, 0.4) is 0 Å².